The maximum absolute atomic E-state index is 12.0. The van der Waals surface area contributed by atoms with Gasteiger partial charge in [0.2, 0.25) is 0 Å². The molecule has 0 radical (unpaired) electrons. The van der Waals surface area contributed by atoms with E-state index in [-0.39, 0.29) is 5.97 Å². The number of rotatable bonds is 4. The Hall–Kier alpha value is -1.83. The number of carbonyl (C=O) groups excluding carboxylic acids is 1. The Bertz CT molecular complexity index is 459. The van der Waals surface area contributed by atoms with Gasteiger partial charge < -0.3 is 4.74 Å². The molecule has 96 valence electrons. The molecule has 1 rings (SSSR count). The summed E-state index contributed by atoms with van der Waals surface area (Å²) < 4.78 is 5.31. The van der Waals surface area contributed by atoms with Crippen molar-refractivity contribution in [3.05, 3.63) is 58.7 Å². The largest absolute Gasteiger partial charge is 0.457 e. The number of allylic oxidation sites excluding steroid dienone is 2. The summed E-state index contributed by atoms with van der Waals surface area (Å²) in [5.41, 5.74) is 3.69. The van der Waals surface area contributed by atoms with Gasteiger partial charge in [0.15, 0.2) is 0 Å². The van der Waals surface area contributed by atoms with E-state index >= 15 is 0 Å². The van der Waals surface area contributed by atoms with Gasteiger partial charge in [0.05, 0.1) is 5.57 Å². The molecule has 0 aliphatic carbocycles. The molecule has 0 atom stereocenters. The van der Waals surface area contributed by atoms with Crippen LogP contribution in [0.15, 0.2) is 53.1 Å². The summed E-state index contributed by atoms with van der Waals surface area (Å²) in [7, 11) is 0. The Morgan fingerprint density at radius 2 is 1.72 bits per heavy atom. The summed E-state index contributed by atoms with van der Waals surface area (Å²) in [4.78, 5) is 12.0. The fourth-order valence-electron chi connectivity index (χ4n) is 1.50. The first-order chi connectivity index (χ1) is 8.50. The fraction of sp³-hybridized carbons (Fsp3) is 0.312. The highest BCUT2D eigenvalue weighted by Crippen LogP contribution is 2.12. The molecule has 0 aliphatic heterocycles. The van der Waals surface area contributed by atoms with E-state index in [9.17, 15) is 4.79 Å². The van der Waals surface area contributed by atoms with Crippen LogP contribution in [0.3, 0.4) is 0 Å². The molecule has 0 N–H and O–H groups in total. The minimum absolute atomic E-state index is 0.264. The zero-order valence-corrected chi connectivity index (χ0v) is 11.5. The first-order valence-corrected chi connectivity index (χ1v) is 6.04. The molecular formula is C16H20O2. The van der Waals surface area contributed by atoms with E-state index in [1.165, 1.54) is 0 Å². The van der Waals surface area contributed by atoms with Gasteiger partial charge >= 0.3 is 5.97 Å². The van der Waals surface area contributed by atoms with E-state index in [4.69, 9.17) is 4.74 Å². The molecule has 2 heteroatoms. The van der Waals surface area contributed by atoms with Gasteiger partial charge in [-0.1, -0.05) is 41.5 Å². The molecule has 1 aromatic rings. The topological polar surface area (TPSA) is 26.3 Å². The smallest absolute Gasteiger partial charge is 0.338 e. The Kier molecular flexibility index (Phi) is 5.37. The van der Waals surface area contributed by atoms with E-state index in [2.05, 4.69) is 0 Å². The molecule has 0 bridgehead atoms. The van der Waals surface area contributed by atoms with Crippen LogP contribution in [0.4, 0.5) is 0 Å². The second kappa shape index (κ2) is 6.80. The molecule has 1 aromatic carbocycles. The standard InChI is InChI=1S/C16H20O2/c1-12(2)10-15(13(3)4)16(17)18-11-14-8-6-5-7-9-14/h5-10H,11H2,1-4H3. The Morgan fingerprint density at radius 1 is 1.11 bits per heavy atom. The molecule has 18 heavy (non-hydrogen) atoms. The van der Waals surface area contributed by atoms with Crippen LogP contribution in [-0.2, 0) is 16.1 Å². The number of esters is 1. The Morgan fingerprint density at radius 3 is 2.22 bits per heavy atom. The summed E-state index contributed by atoms with van der Waals surface area (Å²) >= 11 is 0. The summed E-state index contributed by atoms with van der Waals surface area (Å²) in [6.07, 6.45) is 1.86. The van der Waals surface area contributed by atoms with E-state index in [0.29, 0.717) is 12.2 Å². The monoisotopic (exact) mass is 244 g/mol. The minimum Gasteiger partial charge on any atom is -0.457 e. The maximum atomic E-state index is 12.0. The highest BCUT2D eigenvalue weighted by molar-refractivity contribution is 5.92. The third-order valence-corrected chi connectivity index (χ3v) is 2.40. The van der Waals surface area contributed by atoms with Crippen LogP contribution in [0.2, 0.25) is 0 Å². The third kappa shape index (κ3) is 4.58. The van der Waals surface area contributed by atoms with Crippen molar-refractivity contribution in [1.29, 1.82) is 0 Å². The van der Waals surface area contributed by atoms with E-state index in [1.54, 1.807) is 0 Å². The van der Waals surface area contributed by atoms with Gasteiger partial charge in [0.1, 0.15) is 6.61 Å². The molecule has 0 heterocycles. The minimum atomic E-state index is -0.264. The molecule has 0 spiro atoms. The van der Waals surface area contributed by atoms with E-state index < -0.39 is 0 Å². The zero-order valence-electron chi connectivity index (χ0n) is 11.5. The van der Waals surface area contributed by atoms with Crippen LogP contribution in [0, 0.1) is 0 Å². The highest BCUT2D eigenvalue weighted by atomic mass is 16.5. The molecule has 0 aliphatic rings. The van der Waals surface area contributed by atoms with Crippen molar-refractivity contribution in [3.63, 3.8) is 0 Å². The van der Waals surface area contributed by atoms with Crippen molar-refractivity contribution >= 4 is 5.97 Å². The molecule has 0 unspecified atom stereocenters. The lowest BCUT2D eigenvalue weighted by Gasteiger charge is -2.07. The molecule has 2 nitrogen and oxygen atoms in total. The van der Waals surface area contributed by atoms with Crippen LogP contribution in [-0.4, -0.2) is 5.97 Å². The normalized spacial score (nSPS) is 9.56. The van der Waals surface area contributed by atoms with Crippen molar-refractivity contribution in [1.82, 2.24) is 0 Å². The van der Waals surface area contributed by atoms with Crippen molar-refractivity contribution in [2.45, 2.75) is 34.3 Å². The van der Waals surface area contributed by atoms with Crippen LogP contribution in [0.5, 0.6) is 0 Å². The lowest BCUT2D eigenvalue weighted by molar-refractivity contribution is -0.139. The summed E-state index contributed by atoms with van der Waals surface area (Å²) in [5, 5.41) is 0. The fourth-order valence-corrected chi connectivity index (χ4v) is 1.50. The number of benzene rings is 1. The van der Waals surface area contributed by atoms with E-state index in [1.807, 2.05) is 64.1 Å². The Balaban J connectivity index is 2.70. The molecule has 0 saturated heterocycles. The zero-order chi connectivity index (χ0) is 13.5. The van der Waals surface area contributed by atoms with Gasteiger partial charge in [-0.3, -0.25) is 0 Å². The number of ether oxygens (including phenoxy) is 1. The second-order valence-corrected chi connectivity index (χ2v) is 4.70. The lowest BCUT2D eigenvalue weighted by atomic mass is 10.1. The summed E-state index contributed by atoms with van der Waals surface area (Å²) in [5.74, 6) is -0.264. The first-order valence-electron chi connectivity index (χ1n) is 6.04. The highest BCUT2D eigenvalue weighted by Gasteiger charge is 2.10. The van der Waals surface area contributed by atoms with Gasteiger partial charge in [0, 0.05) is 0 Å². The van der Waals surface area contributed by atoms with Crippen LogP contribution < -0.4 is 0 Å². The molecule has 0 aromatic heterocycles. The van der Waals surface area contributed by atoms with Crippen molar-refractivity contribution in [2.24, 2.45) is 0 Å². The first kappa shape index (κ1) is 14.2. The van der Waals surface area contributed by atoms with Gasteiger partial charge in [-0.05, 0) is 39.3 Å². The summed E-state index contributed by atoms with van der Waals surface area (Å²) in [6.45, 7) is 8.07. The van der Waals surface area contributed by atoms with E-state index in [0.717, 1.165) is 16.7 Å². The average Bonchev–Trinajstić information content (AvgIpc) is 2.34. The SMILES string of the molecule is CC(C)=CC(C(=O)OCc1ccccc1)=C(C)C. The second-order valence-electron chi connectivity index (χ2n) is 4.70. The lowest BCUT2D eigenvalue weighted by Crippen LogP contribution is -2.08. The number of hydrogen-bond donors (Lipinski definition) is 0. The van der Waals surface area contributed by atoms with Gasteiger partial charge in [-0.25, -0.2) is 4.79 Å². The predicted molar refractivity (Wildman–Crippen MR) is 74.0 cm³/mol. The number of carbonyl (C=O) groups is 1. The molecule has 0 fully saturated rings. The van der Waals surface area contributed by atoms with Crippen LogP contribution in [0.25, 0.3) is 0 Å². The summed E-state index contributed by atoms with van der Waals surface area (Å²) in [6, 6.07) is 9.69. The van der Waals surface area contributed by atoms with Crippen molar-refractivity contribution < 1.29 is 9.53 Å². The number of hydrogen-bond acceptors (Lipinski definition) is 2. The van der Waals surface area contributed by atoms with Gasteiger partial charge in [-0.2, -0.15) is 0 Å². The third-order valence-electron chi connectivity index (χ3n) is 2.40. The maximum Gasteiger partial charge on any atom is 0.338 e. The van der Waals surface area contributed by atoms with Crippen LogP contribution >= 0.6 is 0 Å². The quantitative estimate of drug-likeness (QED) is 0.454. The van der Waals surface area contributed by atoms with Crippen molar-refractivity contribution in [2.75, 3.05) is 0 Å². The molecule has 0 amide bonds. The van der Waals surface area contributed by atoms with Crippen LogP contribution in [0.1, 0.15) is 33.3 Å². The molecular weight excluding hydrogens is 224 g/mol. The average molecular weight is 244 g/mol. The van der Waals surface area contributed by atoms with Gasteiger partial charge in [0.25, 0.3) is 0 Å². The van der Waals surface area contributed by atoms with Crippen molar-refractivity contribution in [3.8, 4) is 0 Å². The molecule has 0 saturated carbocycles. The Labute approximate surface area is 109 Å². The van der Waals surface area contributed by atoms with Gasteiger partial charge in [-0.15, -0.1) is 0 Å². The predicted octanol–water partition coefficient (Wildman–Crippen LogP) is 4.03.